The molecule has 0 fully saturated rings. The summed E-state index contributed by atoms with van der Waals surface area (Å²) in [7, 11) is 0. The zero-order valence-corrected chi connectivity index (χ0v) is 13.6. The molecule has 0 spiro atoms. The van der Waals surface area contributed by atoms with Crippen LogP contribution in [0.3, 0.4) is 0 Å². The summed E-state index contributed by atoms with van der Waals surface area (Å²) < 4.78 is 0. The summed E-state index contributed by atoms with van der Waals surface area (Å²) in [4.78, 5) is 16.3. The summed E-state index contributed by atoms with van der Waals surface area (Å²) in [6, 6.07) is 4.75. The number of benzene rings is 1. The molecule has 0 aliphatic carbocycles. The molecule has 0 aromatic heterocycles. The molecule has 0 saturated carbocycles. The Balaban J connectivity index is 2.31. The van der Waals surface area contributed by atoms with Gasteiger partial charge in [-0.3, -0.25) is 4.79 Å². The highest BCUT2D eigenvalue weighted by Crippen LogP contribution is 2.41. The number of hydrogen-bond donors (Lipinski definition) is 0. The first-order chi connectivity index (χ1) is 10.0. The van der Waals surface area contributed by atoms with Crippen molar-refractivity contribution in [1.29, 1.82) is 5.26 Å². The van der Waals surface area contributed by atoms with Gasteiger partial charge in [-0.15, -0.1) is 0 Å². The maximum Gasteiger partial charge on any atom is 0.257 e. The van der Waals surface area contributed by atoms with E-state index >= 15 is 0 Å². The topological polar surface area (TPSA) is 47.3 Å². The van der Waals surface area contributed by atoms with Crippen molar-refractivity contribution in [3.05, 3.63) is 33.3 Å². The van der Waals surface area contributed by atoms with Crippen molar-refractivity contribution in [3.63, 3.8) is 0 Å². The lowest BCUT2D eigenvalue weighted by Crippen LogP contribution is -2.36. The van der Waals surface area contributed by atoms with Crippen LogP contribution in [0.5, 0.6) is 0 Å². The Morgan fingerprint density at radius 2 is 1.90 bits per heavy atom. The molecule has 0 N–H and O–H groups in total. The average Bonchev–Trinajstić information content (AvgIpc) is 2.78. The third-order valence-corrected chi connectivity index (χ3v) is 4.52. The Morgan fingerprint density at radius 1 is 1.29 bits per heavy atom. The zero-order valence-electron chi connectivity index (χ0n) is 12.1. The van der Waals surface area contributed by atoms with Crippen molar-refractivity contribution in [2.45, 2.75) is 19.9 Å². The van der Waals surface area contributed by atoms with Gasteiger partial charge >= 0.3 is 0 Å². The van der Waals surface area contributed by atoms with Crippen molar-refractivity contribution >= 4 is 29.1 Å². The van der Waals surface area contributed by atoms with Gasteiger partial charge in [0.25, 0.3) is 5.91 Å². The van der Waals surface area contributed by atoms with Crippen LogP contribution in [0, 0.1) is 11.3 Å². The number of carbonyl (C=O) groups excluding carboxylic acids is 1. The molecule has 4 nitrogen and oxygen atoms in total. The molecular formula is C15H17Cl2N3O. The highest BCUT2D eigenvalue weighted by molar-refractivity contribution is 6.37. The quantitative estimate of drug-likeness (QED) is 0.834. The second-order valence-corrected chi connectivity index (χ2v) is 5.69. The van der Waals surface area contributed by atoms with Gasteiger partial charge in [-0.1, -0.05) is 37.0 Å². The van der Waals surface area contributed by atoms with Gasteiger partial charge in [-0.2, -0.15) is 5.26 Å². The number of rotatable bonds is 5. The van der Waals surface area contributed by atoms with Gasteiger partial charge in [0, 0.05) is 23.7 Å². The molecule has 0 radical (unpaired) electrons. The molecule has 0 bridgehead atoms. The fourth-order valence-electron chi connectivity index (χ4n) is 2.62. The Hall–Kier alpha value is -1.28. The molecule has 0 saturated heterocycles. The van der Waals surface area contributed by atoms with E-state index in [0.717, 1.165) is 19.6 Å². The maximum atomic E-state index is 12.5. The standard InChI is InChI=1S/C15H17Cl2N3O/c1-3-19(4-2)7-8-20-12(9-18)13-10(16)5-6-11(17)14(13)15(20)21/h5-6,12H,3-4,7-8H2,1-2H3. The van der Waals surface area contributed by atoms with Crippen LogP contribution in [0.15, 0.2) is 12.1 Å². The van der Waals surface area contributed by atoms with E-state index in [9.17, 15) is 10.1 Å². The molecule has 112 valence electrons. The Morgan fingerprint density at radius 3 is 2.48 bits per heavy atom. The number of hydrogen-bond acceptors (Lipinski definition) is 3. The molecule has 1 unspecified atom stereocenters. The number of carbonyl (C=O) groups is 1. The van der Waals surface area contributed by atoms with Crippen molar-refractivity contribution in [2.24, 2.45) is 0 Å². The van der Waals surface area contributed by atoms with Crippen molar-refractivity contribution in [2.75, 3.05) is 26.2 Å². The summed E-state index contributed by atoms with van der Waals surface area (Å²) in [5.41, 5.74) is 0.909. The zero-order chi connectivity index (χ0) is 15.6. The van der Waals surface area contributed by atoms with E-state index < -0.39 is 6.04 Å². The maximum absolute atomic E-state index is 12.5. The number of likely N-dealkylation sites (N-methyl/N-ethyl adjacent to an activating group) is 1. The van der Waals surface area contributed by atoms with E-state index in [2.05, 4.69) is 24.8 Å². The van der Waals surface area contributed by atoms with Gasteiger partial charge in [0.2, 0.25) is 0 Å². The van der Waals surface area contributed by atoms with E-state index in [4.69, 9.17) is 23.2 Å². The van der Waals surface area contributed by atoms with E-state index in [1.54, 1.807) is 17.0 Å². The highest BCUT2D eigenvalue weighted by atomic mass is 35.5. The molecule has 1 aliphatic rings. The van der Waals surface area contributed by atoms with Crippen LogP contribution in [-0.2, 0) is 0 Å². The third kappa shape index (κ3) is 2.87. The molecule has 1 heterocycles. The first kappa shape index (κ1) is 16.1. The molecule has 1 atom stereocenters. The van der Waals surface area contributed by atoms with Gasteiger partial charge in [0.1, 0.15) is 6.04 Å². The predicted octanol–water partition coefficient (Wildman–Crippen LogP) is 3.36. The fourth-order valence-corrected chi connectivity index (χ4v) is 3.13. The summed E-state index contributed by atoms with van der Waals surface area (Å²) in [5, 5.41) is 10.2. The molecule has 1 aromatic carbocycles. The third-order valence-electron chi connectivity index (χ3n) is 3.88. The monoisotopic (exact) mass is 325 g/mol. The van der Waals surface area contributed by atoms with Gasteiger partial charge in [0.15, 0.2) is 0 Å². The molecule has 1 aliphatic heterocycles. The Kier molecular flexibility index (Phi) is 5.10. The van der Waals surface area contributed by atoms with E-state index in [0.29, 0.717) is 27.7 Å². The van der Waals surface area contributed by atoms with Crippen LogP contribution in [0.2, 0.25) is 10.0 Å². The minimum absolute atomic E-state index is 0.212. The lowest BCUT2D eigenvalue weighted by Gasteiger charge is -2.25. The lowest BCUT2D eigenvalue weighted by molar-refractivity contribution is 0.0738. The molecule has 1 amide bonds. The molecule has 6 heteroatoms. The lowest BCUT2D eigenvalue weighted by atomic mass is 10.1. The predicted molar refractivity (Wildman–Crippen MR) is 83.6 cm³/mol. The van der Waals surface area contributed by atoms with E-state index in [1.807, 2.05) is 0 Å². The summed E-state index contributed by atoms with van der Waals surface area (Å²) in [5.74, 6) is -0.212. The summed E-state index contributed by atoms with van der Waals surface area (Å²) in [6.45, 7) is 7.16. The minimum Gasteiger partial charge on any atom is -0.317 e. The number of fused-ring (bicyclic) bond motifs is 1. The fraction of sp³-hybridized carbons (Fsp3) is 0.467. The van der Waals surface area contributed by atoms with Crippen molar-refractivity contribution in [3.8, 4) is 6.07 Å². The first-order valence-electron chi connectivity index (χ1n) is 6.95. The Labute approximate surface area is 134 Å². The second kappa shape index (κ2) is 6.65. The van der Waals surface area contributed by atoms with Crippen LogP contribution in [0.1, 0.15) is 35.8 Å². The number of amides is 1. The molecule has 1 aromatic rings. The highest BCUT2D eigenvalue weighted by Gasteiger charge is 2.40. The van der Waals surface area contributed by atoms with Crippen LogP contribution in [-0.4, -0.2) is 41.9 Å². The summed E-state index contributed by atoms with van der Waals surface area (Å²) in [6.07, 6.45) is 0. The van der Waals surface area contributed by atoms with Crippen LogP contribution in [0.4, 0.5) is 0 Å². The molecule has 2 rings (SSSR count). The minimum atomic E-state index is -0.658. The summed E-state index contributed by atoms with van der Waals surface area (Å²) >= 11 is 12.3. The van der Waals surface area contributed by atoms with Gasteiger partial charge in [-0.05, 0) is 25.2 Å². The van der Waals surface area contributed by atoms with Gasteiger partial charge < -0.3 is 9.80 Å². The van der Waals surface area contributed by atoms with Gasteiger partial charge in [-0.25, -0.2) is 0 Å². The van der Waals surface area contributed by atoms with Crippen LogP contribution >= 0.6 is 23.2 Å². The van der Waals surface area contributed by atoms with E-state index in [-0.39, 0.29) is 5.91 Å². The Bertz CT molecular complexity index is 593. The SMILES string of the molecule is CCN(CC)CCN1C(=O)c2c(Cl)ccc(Cl)c2C1C#N. The first-order valence-corrected chi connectivity index (χ1v) is 7.71. The number of halogens is 2. The number of nitrogens with zero attached hydrogens (tertiary/aromatic N) is 3. The number of nitriles is 1. The van der Waals surface area contributed by atoms with Crippen LogP contribution in [0.25, 0.3) is 0 Å². The van der Waals surface area contributed by atoms with Crippen molar-refractivity contribution in [1.82, 2.24) is 9.80 Å². The normalized spacial score (nSPS) is 17.2. The molecular weight excluding hydrogens is 309 g/mol. The molecule has 21 heavy (non-hydrogen) atoms. The van der Waals surface area contributed by atoms with Gasteiger partial charge in [0.05, 0.1) is 16.7 Å². The average molecular weight is 326 g/mol. The van der Waals surface area contributed by atoms with Crippen LogP contribution < -0.4 is 0 Å². The van der Waals surface area contributed by atoms with Crippen molar-refractivity contribution < 1.29 is 4.79 Å². The second-order valence-electron chi connectivity index (χ2n) is 4.87. The smallest absolute Gasteiger partial charge is 0.257 e. The van der Waals surface area contributed by atoms with E-state index in [1.165, 1.54) is 0 Å². The largest absolute Gasteiger partial charge is 0.317 e.